The fourth-order valence-electron chi connectivity index (χ4n) is 2.23. The molecule has 3 nitrogen and oxygen atoms in total. The van der Waals surface area contributed by atoms with Crippen LogP contribution in [0.4, 0.5) is 0 Å². The number of benzene rings is 2. The molecule has 0 atom stereocenters. The Kier molecular flexibility index (Phi) is 8.70. The maximum atomic E-state index is 11.8. The van der Waals surface area contributed by atoms with Crippen molar-refractivity contribution in [3.8, 4) is 5.75 Å². The van der Waals surface area contributed by atoms with Gasteiger partial charge in [0.2, 0.25) is 5.91 Å². The van der Waals surface area contributed by atoms with Crippen LogP contribution >= 0.6 is 23.4 Å². The molecule has 0 aliphatic carbocycles. The summed E-state index contributed by atoms with van der Waals surface area (Å²) in [5, 5.41) is 3.71. The number of carbonyl (C=O) groups excluding carboxylic acids is 1. The highest BCUT2D eigenvalue weighted by molar-refractivity contribution is 7.98. The zero-order chi connectivity index (χ0) is 17.9. The van der Waals surface area contributed by atoms with Gasteiger partial charge in [0, 0.05) is 29.5 Å². The van der Waals surface area contributed by atoms with E-state index in [0.717, 1.165) is 28.7 Å². The topological polar surface area (TPSA) is 38.3 Å². The first kappa shape index (κ1) is 19.7. The SMILES string of the molecule is Cc1ccc(OCCCC(=O)NCCSCc2cccc(Cl)c2)cc1. The van der Waals surface area contributed by atoms with Gasteiger partial charge < -0.3 is 10.1 Å². The van der Waals surface area contributed by atoms with Crippen molar-refractivity contribution in [2.24, 2.45) is 0 Å². The maximum absolute atomic E-state index is 11.8. The fourth-order valence-corrected chi connectivity index (χ4v) is 3.24. The molecule has 0 radical (unpaired) electrons. The lowest BCUT2D eigenvalue weighted by atomic mass is 10.2. The summed E-state index contributed by atoms with van der Waals surface area (Å²) in [7, 11) is 0. The number of halogens is 1. The van der Waals surface area contributed by atoms with E-state index in [9.17, 15) is 4.79 Å². The van der Waals surface area contributed by atoms with Gasteiger partial charge in [-0.3, -0.25) is 4.79 Å². The molecule has 0 heterocycles. The van der Waals surface area contributed by atoms with Gasteiger partial charge in [-0.15, -0.1) is 0 Å². The van der Waals surface area contributed by atoms with Gasteiger partial charge in [-0.25, -0.2) is 0 Å². The normalized spacial score (nSPS) is 10.5. The molecule has 0 aliphatic heterocycles. The van der Waals surface area contributed by atoms with Gasteiger partial charge >= 0.3 is 0 Å². The van der Waals surface area contributed by atoms with E-state index in [0.29, 0.717) is 19.6 Å². The van der Waals surface area contributed by atoms with E-state index in [-0.39, 0.29) is 5.91 Å². The standard InChI is InChI=1S/C20H24ClNO2S/c1-16-7-9-19(10-8-16)24-12-3-6-20(23)22-11-13-25-15-17-4-2-5-18(21)14-17/h2,4-5,7-10,14H,3,6,11-13,15H2,1H3,(H,22,23). The van der Waals surface area contributed by atoms with Crippen LogP contribution < -0.4 is 10.1 Å². The molecule has 0 aromatic heterocycles. The highest BCUT2D eigenvalue weighted by Gasteiger charge is 2.02. The van der Waals surface area contributed by atoms with Gasteiger partial charge in [0.15, 0.2) is 0 Å². The summed E-state index contributed by atoms with van der Waals surface area (Å²) in [6, 6.07) is 15.8. The van der Waals surface area contributed by atoms with E-state index < -0.39 is 0 Å². The summed E-state index contributed by atoms with van der Waals surface area (Å²) >= 11 is 7.74. The summed E-state index contributed by atoms with van der Waals surface area (Å²) in [5.74, 6) is 2.72. The molecule has 0 fully saturated rings. The quantitative estimate of drug-likeness (QED) is 0.601. The van der Waals surface area contributed by atoms with Crippen LogP contribution in [0.25, 0.3) is 0 Å². The molecule has 0 unspecified atom stereocenters. The van der Waals surface area contributed by atoms with E-state index >= 15 is 0 Å². The molecule has 2 aromatic carbocycles. The van der Waals surface area contributed by atoms with Crippen LogP contribution in [0.5, 0.6) is 5.75 Å². The first-order valence-corrected chi connectivity index (χ1v) is 9.95. The van der Waals surface area contributed by atoms with Gasteiger partial charge in [0.05, 0.1) is 6.61 Å². The van der Waals surface area contributed by atoms with E-state index in [4.69, 9.17) is 16.3 Å². The number of rotatable bonds is 10. The molecule has 0 saturated heterocycles. The second-order valence-corrected chi connectivity index (χ2v) is 7.34. The molecule has 0 aliphatic rings. The summed E-state index contributed by atoms with van der Waals surface area (Å²) in [4.78, 5) is 11.8. The van der Waals surface area contributed by atoms with Crippen molar-refractivity contribution >= 4 is 29.3 Å². The minimum atomic E-state index is 0.0795. The second-order valence-electron chi connectivity index (χ2n) is 5.80. The molecule has 1 amide bonds. The molecule has 0 saturated carbocycles. The van der Waals surface area contributed by atoms with E-state index in [1.54, 1.807) is 11.8 Å². The average molecular weight is 378 g/mol. The van der Waals surface area contributed by atoms with Crippen molar-refractivity contribution in [3.63, 3.8) is 0 Å². The Morgan fingerprint density at radius 3 is 2.76 bits per heavy atom. The zero-order valence-corrected chi connectivity index (χ0v) is 16.0. The predicted molar refractivity (Wildman–Crippen MR) is 107 cm³/mol. The molecule has 1 N–H and O–H groups in total. The Balaban J connectivity index is 1.49. The lowest BCUT2D eigenvalue weighted by molar-refractivity contribution is -0.121. The van der Waals surface area contributed by atoms with Crippen LogP contribution in [-0.4, -0.2) is 24.8 Å². The molecule has 0 spiro atoms. The van der Waals surface area contributed by atoms with Crippen molar-refractivity contribution < 1.29 is 9.53 Å². The Bertz CT molecular complexity index is 661. The molecule has 25 heavy (non-hydrogen) atoms. The number of hydrogen-bond acceptors (Lipinski definition) is 3. The number of hydrogen-bond donors (Lipinski definition) is 1. The first-order valence-electron chi connectivity index (χ1n) is 8.42. The zero-order valence-electron chi connectivity index (χ0n) is 14.5. The van der Waals surface area contributed by atoms with Crippen molar-refractivity contribution in [2.75, 3.05) is 18.9 Å². The monoisotopic (exact) mass is 377 g/mol. The van der Waals surface area contributed by atoms with Crippen LogP contribution in [0.3, 0.4) is 0 Å². The summed E-state index contributed by atoms with van der Waals surface area (Å²) in [6.45, 7) is 3.28. The Hall–Kier alpha value is -1.65. The predicted octanol–water partition coefficient (Wildman–Crippen LogP) is 4.86. The number of carbonyl (C=O) groups is 1. The molecule has 2 aromatic rings. The first-order chi connectivity index (χ1) is 12.1. The number of amides is 1. The molecular weight excluding hydrogens is 354 g/mol. The summed E-state index contributed by atoms with van der Waals surface area (Å²) in [5.41, 5.74) is 2.41. The second kappa shape index (κ2) is 11.1. The summed E-state index contributed by atoms with van der Waals surface area (Å²) in [6.07, 6.45) is 1.21. The Labute approximate surface area is 159 Å². The molecule has 0 bridgehead atoms. The number of thioether (sulfide) groups is 1. The van der Waals surface area contributed by atoms with Gasteiger partial charge in [0.1, 0.15) is 5.75 Å². The highest BCUT2D eigenvalue weighted by atomic mass is 35.5. The maximum Gasteiger partial charge on any atom is 0.220 e. The molecule has 2 rings (SSSR count). The number of nitrogens with one attached hydrogen (secondary N) is 1. The van der Waals surface area contributed by atoms with Crippen molar-refractivity contribution in [2.45, 2.75) is 25.5 Å². The van der Waals surface area contributed by atoms with Crippen LogP contribution in [-0.2, 0) is 10.5 Å². The lowest BCUT2D eigenvalue weighted by Gasteiger charge is -2.07. The van der Waals surface area contributed by atoms with E-state index in [2.05, 4.69) is 11.4 Å². The third-order valence-electron chi connectivity index (χ3n) is 3.56. The summed E-state index contributed by atoms with van der Waals surface area (Å²) < 4.78 is 5.62. The minimum Gasteiger partial charge on any atom is -0.494 e. The van der Waals surface area contributed by atoms with Crippen molar-refractivity contribution in [1.29, 1.82) is 0 Å². The highest BCUT2D eigenvalue weighted by Crippen LogP contribution is 2.16. The smallest absolute Gasteiger partial charge is 0.220 e. The van der Waals surface area contributed by atoms with E-state index in [1.165, 1.54) is 11.1 Å². The molecular formula is C20H24ClNO2S. The lowest BCUT2D eigenvalue weighted by Crippen LogP contribution is -2.25. The third-order valence-corrected chi connectivity index (χ3v) is 4.83. The molecule has 134 valence electrons. The van der Waals surface area contributed by atoms with Crippen molar-refractivity contribution in [1.82, 2.24) is 5.32 Å². The van der Waals surface area contributed by atoms with Gasteiger partial charge in [-0.05, 0) is 43.2 Å². The van der Waals surface area contributed by atoms with Crippen LogP contribution in [0.2, 0.25) is 5.02 Å². The van der Waals surface area contributed by atoms with Gasteiger partial charge in [-0.1, -0.05) is 41.4 Å². The fraction of sp³-hybridized carbons (Fsp3) is 0.350. The van der Waals surface area contributed by atoms with Crippen molar-refractivity contribution in [3.05, 3.63) is 64.7 Å². The minimum absolute atomic E-state index is 0.0795. The van der Waals surface area contributed by atoms with Crippen LogP contribution in [0, 0.1) is 6.92 Å². The van der Waals surface area contributed by atoms with Gasteiger partial charge in [0.25, 0.3) is 0 Å². The molecule has 5 heteroatoms. The van der Waals surface area contributed by atoms with Crippen LogP contribution in [0.15, 0.2) is 48.5 Å². The number of aryl methyl sites for hydroxylation is 1. The third kappa shape index (κ3) is 8.32. The largest absolute Gasteiger partial charge is 0.494 e. The van der Waals surface area contributed by atoms with E-state index in [1.807, 2.05) is 49.4 Å². The average Bonchev–Trinajstić information content (AvgIpc) is 2.60. The number of ether oxygens (including phenoxy) is 1. The Morgan fingerprint density at radius 1 is 1.20 bits per heavy atom. The van der Waals surface area contributed by atoms with Gasteiger partial charge in [-0.2, -0.15) is 11.8 Å². The van der Waals surface area contributed by atoms with Crippen LogP contribution in [0.1, 0.15) is 24.0 Å². The Morgan fingerprint density at radius 2 is 2.00 bits per heavy atom.